The van der Waals surface area contributed by atoms with E-state index in [-0.39, 0.29) is 11.4 Å². The molecule has 2 aromatic heterocycles. The quantitative estimate of drug-likeness (QED) is 0.617. The highest BCUT2D eigenvalue weighted by atomic mass is 16.1. The predicted octanol–water partition coefficient (Wildman–Crippen LogP) is 2.91. The highest BCUT2D eigenvalue weighted by Gasteiger charge is 2.21. The summed E-state index contributed by atoms with van der Waals surface area (Å²) in [5.74, 6) is -0.693. The molecular formula is C24H29N5O. The Morgan fingerprint density at radius 2 is 2.03 bits per heavy atom. The van der Waals surface area contributed by atoms with Gasteiger partial charge in [-0.1, -0.05) is 56.0 Å². The van der Waals surface area contributed by atoms with Gasteiger partial charge in [0.2, 0.25) is 0 Å². The molecule has 6 nitrogen and oxygen atoms in total. The first-order chi connectivity index (χ1) is 14.3. The second-order valence-electron chi connectivity index (χ2n) is 6.96. The Kier molecular flexibility index (Phi) is 7.31. The van der Waals surface area contributed by atoms with Gasteiger partial charge in [0, 0.05) is 16.4 Å². The Morgan fingerprint density at radius 3 is 2.53 bits per heavy atom. The number of carbonyl (C=O) groups excluding carboxylic acids is 1. The maximum Gasteiger partial charge on any atom is 0.269 e. The van der Waals surface area contributed by atoms with Crippen molar-refractivity contribution in [2.45, 2.75) is 34.1 Å². The minimum atomic E-state index is -0.693. The number of nitrogen functional groups attached to an aromatic ring is 1. The van der Waals surface area contributed by atoms with Crippen LogP contribution in [0.5, 0.6) is 0 Å². The first-order valence-corrected chi connectivity index (χ1v) is 9.72. The standard InChI is InChI=1S/C24H29N5O/c1-7-10-11-17(12-14(4)8-2)22-15(5)20(21(25)23(28-22)24(26)30)18(9-3)19-13-27-29-16(19)6/h7,9-13,29H,3,6,8,25H2,1-2,4-5H3,(H2,26,30)/b10-7-,14-12+,17-11+,19-18+. The molecule has 0 spiro atoms. The smallest absolute Gasteiger partial charge is 0.269 e. The Labute approximate surface area is 177 Å². The number of hydrogen-bond donors (Lipinski definition) is 3. The number of nitrogens with zero attached hydrogens (tertiary/aromatic N) is 2. The molecule has 2 heterocycles. The van der Waals surface area contributed by atoms with E-state index in [4.69, 9.17) is 11.5 Å². The van der Waals surface area contributed by atoms with Gasteiger partial charge in [0.25, 0.3) is 5.91 Å². The van der Waals surface area contributed by atoms with E-state index in [9.17, 15) is 4.79 Å². The number of nitrogens with one attached hydrogen (secondary N) is 1. The summed E-state index contributed by atoms with van der Waals surface area (Å²) >= 11 is 0. The van der Waals surface area contributed by atoms with Crippen molar-refractivity contribution < 1.29 is 4.79 Å². The van der Waals surface area contributed by atoms with Gasteiger partial charge >= 0.3 is 0 Å². The van der Waals surface area contributed by atoms with Crippen molar-refractivity contribution in [1.82, 2.24) is 15.2 Å². The largest absolute Gasteiger partial charge is 0.396 e. The summed E-state index contributed by atoms with van der Waals surface area (Å²) in [5.41, 5.74) is 17.1. The summed E-state index contributed by atoms with van der Waals surface area (Å²) in [6, 6.07) is 0. The average molecular weight is 404 g/mol. The van der Waals surface area contributed by atoms with Crippen LogP contribution in [0.4, 0.5) is 5.69 Å². The SMILES string of the molecule is C=C/C(c1c(C)c(C(/C=C(\C)CC)=C/C=C\C)nc(C(N)=O)c1N)=c1/cn[nH]c1=C. The van der Waals surface area contributed by atoms with E-state index >= 15 is 0 Å². The van der Waals surface area contributed by atoms with Crippen LogP contribution in [0.1, 0.15) is 54.5 Å². The van der Waals surface area contributed by atoms with Gasteiger partial charge in [-0.15, -0.1) is 0 Å². The fourth-order valence-electron chi connectivity index (χ4n) is 3.17. The molecule has 0 atom stereocenters. The molecule has 0 aliphatic heterocycles. The summed E-state index contributed by atoms with van der Waals surface area (Å²) in [5, 5.41) is 8.23. The number of H-pyrrole nitrogens is 1. The van der Waals surface area contributed by atoms with Crippen molar-refractivity contribution in [3.63, 3.8) is 0 Å². The van der Waals surface area contributed by atoms with Gasteiger partial charge in [0.05, 0.1) is 22.9 Å². The molecule has 0 saturated carbocycles. The van der Waals surface area contributed by atoms with Gasteiger partial charge in [-0.25, -0.2) is 4.98 Å². The molecule has 156 valence electrons. The Bertz CT molecular complexity index is 1180. The molecule has 30 heavy (non-hydrogen) atoms. The Hall–Kier alpha value is -3.67. The van der Waals surface area contributed by atoms with E-state index in [0.717, 1.165) is 22.8 Å². The molecule has 2 aromatic rings. The number of carbonyl (C=O) groups is 1. The highest BCUT2D eigenvalue weighted by Crippen LogP contribution is 2.32. The maximum absolute atomic E-state index is 12.2. The number of allylic oxidation sites excluding steroid dienone is 7. The lowest BCUT2D eigenvalue weighted by molar-refractivity contribution is 0.0996. The number of aromatic amines is 1. The third-order valence-electron chi connectivity index (χ3n) is 4.89. The van der Waals surface area contributed by atoms with Crippen LogP contribution >= 0.6 is 0 Å². The summed E-state index contributed by atoms with van der Waals surface area (Å²) in [6.07, 6.45) is 12.1. The van der Waals surface area contributed by atoms with Crippen LogP contribution in [0.3, 0.4) is 0 Å². The molecule has 1 amide bonds. The van der Waals surface area contributed by atoms with E-state index in [0.29, 0.717) is 22.2 Å². The summed E-state index contributed by atoms with van der Waals surface area (Å²) < 4.78 is 0. The maximum atomic E-state index is 12.2. The predicted molar refractivity (Wildman–Crippen MR) is 125 cm³/mol. The number of rotatable bonds is 7. The second kappa shape index (κ2) is 9.69. The fourth-order valence-corrected chi connectivity index (χ4v) is 3.17. The number of primary amides is 1. The molecule has 0 unspecified atom stereocenters. The minimum Gasteiger partial charge on any atom is -0.396 e. The summed E-state index contributed by atoms with van der Waals surface area (Å²) in [7, 11) is 0. The highest BCUT2D eigenvalue weighted by molar-refractivity contribution is 6.01. The van der Waals surface area contributed by atoms with Crippen molar-refractivity contribution in [3.05, 3.63) is 81.8 Å². The Morgan fingerprint density at radius 1 is 1.33 bits per heavy atom. The number of anilines is 1. The second-order valence-corrected chi connectivity index (χ2v) is 6.96. The van der Waals surface area contributed by atoms with Crippen molar-refractivity contribution >= 4 is 29.3 Å². The molecule has 0 aromatic carbocycles. The van der Waals surface area contributed by atoms with Crippen LogP contribution in [-0.2, 0) is 0 Å². The lowest BCUT2D eigenvalue weighted by Crippen LogP contribution is -2.25. The zero-order valence-corrected chi connectivity index (χ0v) is 18.0. The van der Waals surface area contributed by atoms with E-state index in [2.05, 4.69) is 41.3 Å². The zero-order chi connectivity index (χ0) is 22.4. The number of hydrogen-bond acceptors (Lipinski definition) is 4. The molecule has 0 aliphatic rings. The fraction of sp³-hybridized carbons (Fsp3) is 0.208. The van der Waals surface area contributed by atoms with E-state index < -0.39 is 5.91 Å². The van der Waals surface area contributed by atoms with E-state index in [1.807, 2.05) is 39.0 Å². The number of pyridine rings is 1. The topological polar surface area (TPSA) is 111 Å². The number of nitrogens with two attached hydrogens (primary N) is 2. The summed E-state index contributed by atoms with van der Waals surface area (Å²) in [6.45, 7) is 15.9. The van der Waals surface area contributed by atoms with E-state index in [1.165, 1.54) is 5.57 Å². The number of aromatic nitrogens is 3. The van der Waals surface area contributed by atoms with Crippen LogP contribution in [-0.4, -0.2) is 21.1 Å². The van der Waals surface area contributed by atoms with Crippen molar-refractivity contribution in [2.75, 3.05) is 5.73 Å². The van der Waals surface area contributed by atoms with Crippen LogP contribution in [0.25, 0.3) is 17.7 Å². The van der Waals surface area contributed by atoms with Crippen molar-refractivity contribution in [2.24, 2.45) is 5.73 Å². The van der Waals surface area contributed by atoms with Gasteiger partial charge in [0.15, 0.2) is 5.69 Å². The first kappa shape index (κ1) is 22.6. The van der Waals surface area contributed by atoms with Crippen LogP contribution in [0.2, 0.25) is 0 Å². The van der Waals surface area contributed by atoms with Crippen molar-refractivity contribution in [1.29, 1.82) is 0 Å². The van der Waals surface area contributed by atoms with Crippen LogP contribution in [0, 0.1) is 6.92 Å². The van der Waals surface area contributed by atoms with Crippen LogP contribution < -0.4 is 22.0 Å². The van der Waals surface area contributed by atoms with Gasteiger partial charge in [-0.3, -0.25) is 9.89 Å². The molecule has 6 heteroatoms. The molecule has 0 fully saturated rings. The van der Waals surface area contributed by atoms with E-state index in [1.54, 1.807) is 12.3 Å². The van der Waals surface area contributed by atoms with Gasteiger partial charge < -0.3 is 11.5 Å². The molecule has 2 rings (SSSR count). The van der Waals surface area contributed by atoms with Crippen molar-refractivity contribution in [3.8, 4) is 0 Å². The minimum absolute atomic E-state index is 0.0213. The molecule has 0 saturated heterocycles. The average Bonchev–Trinajstić information content (AvgIpc) is 3.13. The third kappa shape index (κ3) is 4.49. The lowest BCUT2D eigenvalue weighted by Gasteiger charge is -2.18. The molecule has 0 bridgehead atoms. The molecular weight excluding hydrogens is 374 g/mol. The zero-order valence-electron chi connectivity index (χ0n) is 18.0. The number of amides is 1. The molecule has 0 radical (unpaired) electrons. The molecule has 0 aliphatic carbocycles. The normalized spacial score (nSPS) is 13.6. The van der Waals surface area contributed by atoms with Gasteiger partial charge in [-0.05, 0) is 38.3 Å². The van der Waals surface area contributed by atoms with Gasteiger partial charge in [-0.2, -0.15) is 5.10 Å². The molecule has 5 N–H and O–H groups in total. The third-order valence-corrected chi connectivity index (χ3v) is 4.89. The lowest BCUT2D eigenvalue weighted by atomic mass is 9.92. The van der Waals surface area contributed by atoms with Gasteiger partial charge in [0.1, 0.15) is 0 Å². The van der Waals surface area contributed by atoms with Crippen LogP contribution in [0.15, 0.2) is 48.7 Å². The first-order valence-electron chi connectivity index (χ1n) is 9.72. The monoisotopic (exact) mass is 403 g/mol. The Balaban J connectivity index is 3.05. The summed E-state index contributed by atoms with van der Waals surface area (Å²) in [4.78, 5) is 16.7.